The Morgan fingerprint density at radius 3 is 2.75 bits per heavy atom. The summed E-state index contributed by atoms with van der Waals surface area (Å²) in [5.74, 6) is 0. The van der Waals surface area contributed by atoms with Crippen LogP contribution in [0.4, 0.5) is 0 Å². The fourth-order valence-corrected chi connectivity index (χ4v) is 3.04. The molecule has 0 spiro atoms. The van der Waals surface area contributed by atoms with Gasteiger partial charge < -0.3 is 10.1 Å². The maximum Gasteiger partial charge on any atom is 0.139 e. The van der Waals surface area contributed by atoms with E-state index in [9.17, 15) is 0 Å². The van der Waals surface area contributed by atoms with E-state index in [1.165, 1.54) is 5.56 Å². The molecule has 1 unspecified atom stereocenters. The quantitative estimate of drug-likeness (QED) is 0.760. The van der Waals surface area contributed by atoms with Crippen LogP contribution in [-0.2, 0) is 11.2 Å². The molecular formula is C15H21N3OS. The van der Waals surface area contributed by atoms with Gasteiger partial charge in [0.2, 0.25) is 0 Å². The van der Waals surface area contributed by atoms with Crippen molar-refractivity contribution in [1.29, 1.82) is 0 Å². The van der Waals surface area contributed by atoms with E-state index in [-0.39, 0.29) is 6.04 Å². The van der Waals surface area contributed by atoms with Crippen LogP contribution in [0.2, 0.25) is 0 Å². The van der Waals surface area contributed by atoms with Gasteiger partial charge in [-0.25, -0.2) is 0 Å². The van der Waals surface area contributed by atoms with Crippen molar-refractivity contribution in [2.45, 2.75) is 25.8 Å². The Morgan fingerprint density at radius 2 is 2.05 bits per heavy atom. The Hall–Kier alpha value is -1.30. The molecule has 20 heavy (non-hydrogen) atoms. The minimum absolute atomic E-state index is 0.134. The van der Waals surface area contributed by atoms with Gasteiger partial charge in [0, 0.05) is 20.1 Å². The zero-order chi connectivity index (χ0) is 14.2. The predicted octanol–water partition coefficient (Wildman–Crippen LogP) is 2.82. The number of nitrogens with one attached hydrogen (secondary N) is 1. The molecule has 5 heteroatoms. The maximum absolute atomic E-state index is 5.07. The molecule has 0 aliphatic rings. The molecule has 1 heterocycles. The number of hydrogen-bond acceptors (Lipinski definition) is 5. The first-order valence-corrected chi connectivity index (χ1v) is 7.76. The van der Waals surface area contributed by atoms with Crippen LogP contribution in [0.5, 0.6) is 0 Å². The number of aryl methyl sites for hydroxylation is 1. The average molecular weight is 291 g/mol. The third-order valence-corrected chi connectivity index (χ3v) is 4.06. The Balaban J connectivity index is 2.10. The molecule has 4 nitrogen and oxygen atoms in total. The van der Waals surface area contributed by atoms with Crippen LogP contribution in [0, 0.1) is 0 Å². The molecule has 0 radical (unpaired) electrons. The van der Waals surface area contributed by atoms with Gasteiger partial charge in [-0.05, 0) is 18.5 Å². The second-order valence-corrected chi connectivity index (χ2v) is 5.63. The van der Waals surface area contributed by atoms with Gasteiger partial charge in [0.05, 0.1) is 6.04 Å². The molecule has 1 atom stereocenters. The molecule has 0 bridgehead atoms. The van der Waals surface area contributed by atoms with Gasteiger partial charge in [-0.15, -0.1) is 10.2 Å². The Morgan fingerprint density at radius 1 is 1.25 bits per heavy atom. The predicted molar refractivity (Wildman–Crippen MR) is 82.1 cm³/mol. The molecule has 0 saturated carbocycles. The van der Waals surface area contributed by atoms with Gasteiger partial charge in [-0.1, -0.05) is 48.6 Å². The smallest absolute Gasteiger partial charge is 0.139 e. The van der Waals surface area contributed by atoms with E-state index >= 15 is 0 Å². The lowest BCUT2D eigenvalue weighted by Gasteiger charge is -2.14. The van der Waals surface area contributed by atoms with Crippen molar-refractivity contribution in [2.75, 3.05) is 20.3 Å². The summed E-state index contributed by atoms with van der Waals surface area (Å²) >= 11 is 1.69. The first kappa shape index (κ1) is 15.1. The molecule has 0 aliphatic carbocycles. The number of ether oxygens (including phenoxy) is 1. The van der Waals surface area contributed by atoms with E-state index in [0.717, 1.165) is 36.0 Å². The molecular weight excluding hydrogens is 270 g/mol. The average Bonchev–Trinajstić information content (AvgIpc) is 2.94. The lowest BCUT2D eigenvalue weighted by Crippen LogP contribution is -2.21. The first-order chi connectivity index (χ1) is 9.85. The number of aromatic nitrogens is 2. The molecule has 0 fully saturated rings. The molecule has 2 rings (SSSR count). The lowest BCUT2D eigenvalue weighted by molar-refractivity contribution is 0.195. The number of nitrogens with zero attached hydrogens (tertiary/aromatic N) is 2. The van der Waals surface area contributed by atoms with E-state index in [1.807, 2.05) is 6.07 Å². The molecule has 2 aromatic rings. The maximum atomic E-state index is 5.07. The Kier molecular flexibility index (Phi) is 6.11. The topological polar surface area (TPSA) is 47.0 Å². The fourth-order valence-electron chi connectivity index (χ4n) is 2.05. The number of benzene rings is 1. The van der Waals surface area contributed by atoms with E-state index in [1.54, 1.807) is 18.4 Å². The normalized spacial score (nSPS) is 12.5. The standard InChI is InChI=1S/C15H21N3OS/c1-3-16-14(12-8-5-4-6-9-12)15-18-17-13(20-15)10-7-11-19-2/h4-6,8-9,14,16H,3,7,10-11H2,1-2H3. The van der Waals surface area contributed by atoms with Gasteiger partial charge in [0.15, 0.2) is 0 Å². The van der Waals surface area contributed by atoms with E-state index < -0.39 is 0 Å². The summed E-state index contributed by atoms with van der Waals surface area (Å²) in [6.45, 7) is 3.78. The van der Waals surface area contributed by atoms with E-state index in [0.29, 0.717) is 0 Å². The minimum atomic E-state index is 0.134. The third-order valence-electron chi connectivity index (χ3n) is 3.01. The largest absolute Gasteiger partial charge is 0.385 e. The van der Waals surface area contributed by atoms with Crippen molar-refractivity contribution in [2.24, 2.45) is 0 Å². The van der Waals surface area contributed by atoms with Crippen molar-refractivity contribution in [3.05, 3.63) is 45.9 Å². The summed E-state index contributed by atoms with van der Waals surface area (Å²) in [4.78, 5) is 0. The number of rotatable bonds is 8. The molecule has 0 amide bonds. The summed E-state index contributed by atoms with van der Waals surface area (Å²) < 4.78 is 5.07. The summed E-state index contributed by atoms with van der Waals surface area (Å²) in [6, 6.07) is 10.5. The molecule has 0 aliphatic heterocycles. The Bertz CT molecular complexity index is 501. The molecule has 1 aromatic carbocycles. The Labute approximate surface area is 124 Å². The highest BCUT2D eigenvalue weighted by molar-refractivity contribution is 7.11. The van der Waals surface area contributed by atoms with Crippen molar-refractivity contribution < 1.29 is 4.74 Å². The first-order valence-electron chi connectivity index (χ1n) is 6.94. The zero-order valence-electron chi connectivity index (χ0n) is 12.0. The van der Waals surface area contributed by atoms with Crippen LogP contribution in [0.3, 0.4) is 0 Å². The minimum Gasteiger partial charge on any atom is -0.385 e. The second kappa shape index (κ2) is 8.09. The molecule has 1 aromatic heterocycles. The number of methoxy groups -OCH3 is 1. The molecule has 0 saturated heterocycles. The van der Waals surface area contributed by atoms with Gasteiger partial charge in [-0.3, -0.25) is 0 Å². The highest BCUT2D eigenvalue weighted by atomic mass is 32.1. The summed E-state index contributed by atoms with van der Waals surface area (Å²) in [5.41, 5.74) is 1.23. The van der Waals surface area contributed by atoms with Crippen molar-refractivity contribution in [3.8, 4) is 0 Å². The summed E-state index contributed by atoms with van der Waals surface area (Å²) in [7, 11) is 1.72. The highest BCUT2D eigenvalue weighted by Gasteiger charge is 2.17. The SMILES string of the molecule is CCNC(c1ccccc1)c1nnc(CCCOC)s1. The van der Waals surface area contributed by atoms with Gasteiger partial charge in [0.25, 0.3) is 0 Å². The van der Waals surface area contributed by atoms with Crippen LogP contribution >= 0.6 is 11.3 Å². The second-order valence-electron chi connectivity index (χ2n) is 4.53. The van der Waals surface area contributed by atoms with E-state index in [4.69, 9.17) is 4.74 Å². The number of hydrogen-bond donors (Lipinski definition) is 1. The highest BCUT2D eigenvalue weighted by Crippen LogP contribution is 2.25. The van der Waals surface area contributed by atoms with Crippen LogP contribution in [0.25, 0.3) is 0 Å². The summed E-state index contributed by atoms with van der Waals surface area (Å²) in [6.07, 6.45) is 1.92. The molecule has 108 valence electrons. The van der Waals surface area contributed by atoms with Crippen LogP contribution < -0.4 is 5.32 Å². The van der Waals surface area contributed by atoms with Crippen molar-refractivity contribution >= 4 is 11.3 Å². The van der Waals surface area contributed by atoms with Crippen LogP contribution in [-0.4, -0.2) is 30.5 Å². The van der Waals surface area contributed by atoms with Crippen molar-refractivity contribution in [3.63, 3.8) is 0 Å². The monoisotopic (exact) mass is 291 g/mol. The van der Waals surface area contributed by atoms with Gasteiger partial charge in [0.1, 0.15) is 10.0 Å². The zero-order valence-corrected chi connectivity index (χ0v) is 12.8. The van der Waals surface area contributed by atoms with Crippen LogP contribution in [0.1, 0.15) is 35.0 Å². The third kappa shape index (κ3) is 4.10. The fraction of sp³-hybridized carbons (Fsp3) is 0.467. The van der Waals surface area contributed by atoms with Gasteiger partial charge in [-0.2, -0.15) is 0 Å². The lowest BCUT2D eigenvalue weighted by atomic mass is 10.1. The summed E-state index contributed by atoms with van der Waals surface area (Å²) in [5, 5.41) is 14.2. The van der Waals surface area contributed by atoms with E-state index in [2.05, 4.69) is 46.7 Å². The van der Waals surface area contributed by atoms with Gasteiger partial charge >= 0.3 is 0 Å². The van der Waals surface area contributed by atoms with Crippen LogP contribution in [0.15, 0.2) is 30.3 Å². The van der Waals surface area contributed by atoms with Crippen molar-refractivity contribution in [1.82, 2.24) is 15.5 Å². The molecule has 1 N–H and O–H groups in total.